The van der Waals surface area contributed by atoms with Gasteiger partial charge in [0, 0.05) is 24.2 Å². The van der Waals surface area contributed by atoms with Crippen molar-refractivity contribution in [1.82, 2.24) is 15.5 Å². The molecule has 2 aromatic rings. The lowest BCUT2D eigenvalue weighted by atomic mass is 9.97. The van der Waals surface area contributed by atoms with E-state index < -0.39 is 5.60 Å². The maximum atomic E-state index is 10.3. The zero-order chi connectivity index (χ0) is 16.0. The van der Waals surface area contributed by atoms with Gasteiger partial charge < -0.3 is 15.2 Å². The molecule has 0 bridgehead atoms. The van der Waals surface area contributed by atoms with E-state index in [1.54, 1.807) is 7.11 Å². The summed E-state index contributed by atoms with van der Waals surface area (Å²) in [5.74, 6) is 0.832. The lowest BCUT2D eigenvalue weighted by Gasteiger charge is -2.25. The van der Waals surface area contributed by atoms with Crippen molar-refractivity contribution in [3.63, 3.8) is 0 Å². The minimum Gasteiger partial charge on any atom is -0.497 e. The van der Waals surface area contributed by atoms with E-state index in [0.717, 1.165) is 35.4 Å². The fourth-order valence-corrected chi connectivity index (χ4v) is 2.38. The lowest BCUT2D eigenvalue weighted by Crippen LogP contribution is -2.39. The van der Waals surface area contributed by atoms with Crippen molar-refractivity contribution in [1.29, 1.82) is 0 Å². The summed E-state index contributed by atoms with van der Waals surface area (Å²) in [6.07, 6.45) is 3.31. The standard InChI is InChI=1S/C17H25N3O2/c1-4-17(21,5-2)12-18-10-14-11-19-20-16(14)13-6-8-15(22-3)9-7-13/h6-9,11,18,21H,4-5,10,12H2,1-3H3,(H,19,20). The van der Waals surface area contributed by atoms with Crippen LogP contribution in [0.15, 0.2) is 30.5 Å². The number of aromatic nitrogens is 2. The molecule has 3 N–H and O–H groups in total. The molecule has 0 aliphatic heterocycles. The Balaban J connectivity index is 2.03. The first-order chi connectivity index (χ1) is 10.6. The van der Waals surface area contributed by atoms with Gasteiger partial charge in [-0.2, -0.15) is 5.10 Å². The molecule has 2 rings (SSSR count). The molecular formula is C17H25N3O2. The topological polar surface area (TPSA) is 70.2 Å². The average Bonchev–Trinajstić information content (AvgIpc) is 3.03. The third-order valence-corrected chi connectivity index (χ3v) is 4.18. The summed E-state index contributed by atoms with van der Waals surface area (Å²) < 4.78 is 5.18. The molecule has 5 heteroatoms. The minimum atomic E-state index is -0.635. The van der Waals surface area contributed by atoms with Gasteiger partial charge in [-0.25, -0.2) is 0 Å². The highest BCUT2D eigenvalue weighted by molar-refractivity contribution is 5.63. The predicted molar refractivity (Wildman–Crippen MR) is 87.8 cm³/mol. The number of aromatic amines is 1. The average molecular weight is 303 g/mol. The smallest absolute Gasteiger partial charge is 0.118 e. The molecule has 1 heterocycles. The van der Waals surface area contributed by atoms with Gasteiger partial charge in [-0.3, -0.25) is 5.10 Å². The first-order valence-electron chi connectivity index (χ1n) is 7.71. The van der Waals surface area contributed by atoms with E-state index in [2.05, 4.69) is 15.5 Å². The molecule has 1 aromatic heterocycles. The highest BCUT2D eigenvalue weighted by atomic mass is 16.5. The molecule has 0 amide bonds. The molecule has 0 aliphatic carbocycles. The second-order valence-corrected chi connectivity index (χ2v) is 5.53. The first-order valence-corrected chi connectivity index (χ1v) is 7.71. The Labute approximate surface area is 131 Å². The van der Waals surface area contributed by atoms with Crippen LogP contribution in [0.5, 0.6) is 5.75 Å². The normalized spacial score (nSPS) is 11.6. The van der Waals surface area contributed by atoms with Gasteiger partial charge in [0.2, 0.25) is 0 Å². The fraction of sp³-hybridized carbons (Fsp3) is 0.471. The van der Waals surface area contributed by atoms with Crippen molar-refractivity contribution in [2.45, 2.75) is 38.8 Å². The minimum absolute atomic E-state index is 0.577. The quantitative estimate of drug-likeness (QED) is 0.701. The molecule has 0 fully saturated rings. The summed E-state index contributed by atoms with van der Waals surface area (Å²) in [5, 5.41) is 20.8. The van der Waals surface area contributed by atoms with Gasteiger partial charge in [0.25, 0.3) is 0 Å². The monoisotopic (exact) mass is 303 g/mol. The lowest BCUT2D eigenvalue weighted by molar-refractivity contribution is 0.0323. The van der Waals surface area contributed by atoms with Gasteiger partial charge in [-0.15, -0.1) is 0 Å². The van der Waals surface area contributed by atoms with Crippen molar-refractivity contribution in [2.75, 3.05) is 13.7 Å². The van der Waals surface area contributed by atoms with Crippen LogP contribution in [0, 0.1) is 0 Å². The summed E-state index contributed by atoms with van der Waals surface area (Å²) in [6.45, 7) is 5.25. The maximum Gasteiger partial charge on any atom is 0.118 e. The second kappa shape index (κ2) is 7.42. The molecule has 5 nitrogen and oxygen atoms in total. The SMILES string of the molecule is CCC(O)(CC)CNCc1cn[nH]c1-c1ccc(OC)cc1. The number of ether oxygens (including phenoxy) is 1. The Morgan fingerprint density at radius 1 is 1.23 bits per heavy atom. The summed E-state index contributed by atoms with van der Waals surface area (Å²) in [5.41, 5.74) is 2.51. The number of H-pyrrole nitrogens is 1. The zero-order valence-electron chi connectivity index (χ0n) is 13.5. The van der Waals surface area contributed by atoms with E-state index in [1.807, 2.05) is 44.3 Å². The van der Waals surface area contributed by atoms with Gasteiger partial charge in [-0.1, -0.05) is 13.8 Å². The number of hydrogen-bond acceptors (Lipinski definition) is 4. The van der Waals surface area contributed by atoms with Crippen molar-refractivity contribution in [3.05, 3.63) is 36.0 Å². The highest BCUT2D eigenvalue weighted by Crippen LogP contribution is 2.23. The van der Waals surface area contributed by atoms with E-state index in [-0.39, 0.29) is 0 Å². The Bertz CT molecular complexity index is 574. The molecule has 1 aromatic carbocycles. The summed E-state index contributed by atoms with van der Waals surface area (Å²) >= 11 is 0. The number of methoxy groups -OCH3 is 1. The van der Waals surface area contributed by atoms with Crippen LogP contribution in [-0.4, -0.2) is 34.6 Å². The van der Waals surface area contributed by atoms with Crippen LogP contribution in [-0.2, 0) is 6.54 Å². The molecule has 0 atom stereocenters. The summed E-state index contributed by atoms with van der Waals surface area (Å²) in [6, 6.07) is 7.87. The fourth-order valence-electron chi connectivity index (χ4n) is 2.38. The zero-order valence-corrected chi connectivity index (χ0v) is 13.5. The number of rotatable bonds is 8. The van der Waals surface area contributed by atoms with E-state index in [9.17, 15) is 5.11 Å². The van der Waals surface area contributed by atoms with E-state index in [4.69, 9.17) is 4.74 Å². The van der Waals surface area contributed by atoms with E-state index in [1.165, 1.54) is 0 Å². The summed E-state index contributed by atoms with van der Waals surface area (Å²) in [7, 11) is 1.66. The van der Waals surface area contributed by atoms with Crippen LogP contribution < -0.4 is 10.1 Å². The maximum absolute atomic E-state index is 10.3. The molecule has 0 aliphatic rings. The van der Waals surface area contributed by atoms with Gasteiger partial charge >= 0.3 is 0 Å². The largest absolute Gasteiger partial charge is 0.497 e. The van der Waals surface area contributed by atoms with Crippen LogP contribution in [0.3, 0.4) is 0 Å². The van der Waals surface area contributed by atoms with Gasteiger partial charge in [0.15, 0.2) is 0 Å². The van der Waals surface area contributed by atoms with Crippen molar-refractivity contribution in [2.24, 2.45) is 0 Å². The van der Waals surface area contributed by atoms with Crippen molar-refractivity contribution in [3.8, 4) is 17.0 Å². The van der Waals surface area contributed by atoms with Crippen LogP contribution in [0.1, 0.15) is 32.3 Å². The third kappa shape index (κ3) is 3.87. The molecule has 0 saturated heterocycles. The summed E-state index contributed by atoms with van der Waals surface area (Å²) in [4.78, 5) is 0. The molecule has 22 heavy (non-hydrogen) atoms. The van der Waals surface area contributed by atoms with Crippen LogP contribution in [0.2, 0.25) is 0 Å². The number of hydrogen-bond donors (Lipinski definition) is 3. The Morgan fingerprint density at radius 2 is 1.91 bits per heavy atom. The van der Waals surface area contributed by atoms with Crippen molar-refractivity contribution < 1.29 is 9.84 Å². The van der Waals surface area contributed by atoms with Gasteiger partial charge in [0.1, 0.15) is 5.75 Å². The third-order valence-electron chi connectivity index (χ3n) is 4.18. The predicted octanol–water partition coefficient (Wildman–Crippen LogP) is 2.73. The van der Waals surface area contributed by atoms with E-state index in [0.29, 0.717) is 13.1 Å². The Kier molecular flexibility index (Phi) is 5.57. The van der Waals surface area contributed by atoms with Crippen LogP contribution in [0.25, 0.3) is 11.3 Å². The molecule has 120 valence electrons. The highest BCUT2D eigenvalue weighted by Gasteiger charge is 2.21. The number of aliphatic hydroxyl groups is 1. The second-order valence-electron chi connectivity index (χ2n) is 5.53. The number of nitrogens with one attached hydrogen (secondary N) is 2. The van der Waals surface area contributed by atoms with Crippen LogP contribution in [0.4, 0.5) is 0 Å². The van der Waals surface area contributed by atoms with Crippen LogP contribution >= 0.6 is 0 Å². The molecule has 0 radical (unpaired) electrons. The Morgan fingerprint density at radius 3 is 2.50 bits per heavy atom. The molecular weight excluding hydrogens is 278 g/mol. The molecule has 0 spiro atoms. The Hall–Kier alpha value is -1.85. The van der Waals surface area contributed by atoms with Crippen molar-refractivity contribution >= 4 is 0 Å². The first kappa shape index (κ1) is 16.5. The molecule has 0 unspecified atom stereocenters. The number of nitrogens with zero attached hydrogens (tertiary/aromatic N) is 1. The number of benzene rings is 1. The van der Waals surface area contributed by atoms with Gasteiger partial charge in [-0.05, 0) is 37.1 Å². The van der Waals surface area contributed by atoms with Gasteiger partial charge in [0.05, 0.1) is 24.6 Å². The van der Waals surface area contributed by atoms with E-state index >= 15 is 0 Å². The molecule has 0 saturated carbocycles.